The molecule has 0 unspecified atom stereocenters. The number of amides is 1. The minimum Gasteiger partial charge on any atom is -0.343 e. The summed E-state index contributed by atoms with van der Waals surface area (Å²) in [5.41, 5.74) is -2.21. The fraction of sp³-hybridized carbons (Fsp3) is 0.333. The zero-order chi connectivity index (χ0) is 20.9. The number of rotatable bonds is 7. The van der Waals surface area contributed by atoms with Gasteiger partial charge in [-0.05, 0) is 31.4 Å². The van der Waals surface area contributed by atoms with E-state index in [1.54, 1.807) is 31.4 Å². The second-order valence-electron chi connectivity index (χ2n) is 5.51. The standard InChI is InChI=1S/C18H16F3N3O2S2/c1-3-24(4-2)14(25)10-28-17-11(9-22)8-12(16(23-17)18(19,20)21)15(26)13-6-5-7-27-13/h5-8H,3-4,10H2,1-2H3. The third-order valence-corrected chi connectivity index (χ3v) is 5.66. The maximum absolute atomic E-state index is 13.5. The molecule has 0 aliphatic heterocycles. The molecule has 2 rings (SSSR count). The molecule has 0 fully saturated rings. The average molecular weight is 427 g/mol. The molecule has 0 atom stereocenters. The van der Waals surface area contributed by atoms with Crippen molar-refractivity contribution in [3.8, 4) is 6.07 Å². The predicted octanol–water partition coefficient (Wildman–Crippen LogP) is 4.23. The molecule has 2 aromatic heterocycles. The number of carbonyl (C=O) groups excluding carboxylic acids is 2. The second-order valence-corrected chi connectivity index (χ2v) is 7.42. The SMILES string of the molecule is CCN(CC)C(=O)CSc1nc(C(F)(F)F)c(C(=O)c2cccs2)cc1C#N. The van der Waals surface area contributed by atoms with E-state index in [1.807, 2.05) is 0 Å². The van der Waals surface area contributed by atoms with Crippen molar-refractivity contribution in [3.05, 3.63) is 45.3 Å². The van der Waals surface area contributed by atoms with Gasteiger partial charge in [0.25, 0.3) is 0 Å². The summed E-state index contributed by atoms with van der Waals surface area (Å²) in [5.74, 6) is -1.27. The fourth-order valence-electron chi connectivity index (χ4n) is 2.41. The molecule has 0 N–H and O–H groups in total. The Bertz CT molecular complexity index is 902. The molecule has 0 bridgehead atoms. The van der Waals surface area contributed by atoms with Crippen LogP contribution in [0.2, 0.25) is 0 Å². The van der Waals surface area contributed by atoms with E-state index in [4.69, 9.17) is 0 Å². The largest absolute Gasteiger partial charge is 0.434 e. The topological polar surface area (TPSA) is 74.1 Å². The molecule has 0 saturated carbocycles. The van der Waals surface area contributed by atoms with Crippen LogP contribution in [0.4, 0.5) is 13.2 Å². The summed E-state index contributed by atoms with van der Waals surface area (Å²) in [6.45, 7) is 4.52. The number of nitrogens with zero attached hydrogens (tertiary/aromatic N) is 3. The van der Waals surface area contributed by atoms with Gasteiger partial charge in [-0.3, -0.25) is 9.59 Å². The molecule has 5 nitrogen and oxygen atoms in total. The Kier molecular flexibility index (Phi) is 7.21. The molecule has 0 aromatic carbocycles. The molecule has 2 heterocycles. The van der Waals surface area contributed by atoms with E-state index in [0.717, 1.165) is 29.2 Å². The highest BCUT2D eigenvalue weighted by molar-refractivity contribution is 8.00. The summed E-state index contributed by atoms with van der Waals surface area (Å²) in [6.07, 6.45) is -4.88. The monoisotopic (exact) mass is 427 g/mol. The van der Waals surface area contributed by atoms with Gasteiger partial charge in [-0.25, -0.2) is 4.98 Å². The lowest BCUT2D eigenvalue weighted by molar-refractivity contribution is -0.141. The molecule has 10 heteroatoms. The average Bonchev–Trinajstić information content (AvgIpc) is 3.20. The molecule has 28 heavy (non-hydrogen) atoms. The number of halogens is 3. The number of nitriles is 1. The number of carbonyl (C=O) groups is 2. The Balaban J connectivity index is 2.44. The van der Waals surface area contributed by atoms with Crippen molar-refractivity contribution in [1.82, 2.24) is 9.88 Å². The Hall–Kier alpha value is -2.38. The van der Waals surface area contributed by atoms with Gasteiger partial charge in [0.1, 0.15) is 11.1 Å². The van der Waals surface area contributed by atoms with Gasteiger partial charge in [0, 0.05) is 13.1 Å². The molecule has 1 amide bonds. The number of pyridine rings is 1. The molecule has 0 aliphatic carbocycles. The van der Waals surface area contributed by atoms with Crippen molar-refractivity contribution >= 4 is 34.8 Å². The Morgan fingerprint density at radius 3 is 2.50 bits per heavy atom. The van der Waals surface area contributed by atoms with Gasteiger partial charge in [-0.1, -0.05) is 17.8 Å². The quantitative estimate of drug-likeness (QED) is 0.488. The molecule has 0 spiro atoms. The van der Waals surface area contributed by atoms with Gasteiger partial charge in [-0.2, -0.15) is 18.4 Å². The van der Waals surface area contributed by atoms with E-state index in [2.05, 4.69) is 4.98 Å². The first-order valence-corrected chi connectivity index (χ1v) is 10.1. The van der Waals surface area contributed by atoms with E-state index in [0.29, 0.717) is 13.1 Å². The normalized spacial score (nSPS) is 11.1. The minimum atomic E-state index is -4.88. The minimum absolute atomic E-state index is 0.119. The van der Waals surface area contributed by atoms with Crippen LogP contribution >= 0.6 is 23.1 Å². The van der Waals surface area contributed by atoms with Gasteiger partial charge in [-0.15, -0.1) is 11.3 Å². The number of ketones is 1. The lowest BCUT2D eigenvalue weighted by atomic mass is 10.1. The number of thiophene rings is 1. The Labute approximate surface area is 168 Å². The van der Waals surface area contributed by atoms with E-state index in [-0.39, 0.29) is 27.1 Å². The molecular weight excluding hydrogens is 411 g/mol. The third kappa shape index (κ3) is 4.91. The van der Waals surface area contributed by atoms with Crippen molar-refractivity contribution in [2.45, 2.75) is 25.0 Å². The predicted molar refractivity (Wildman–Crippen MR) is 100 cm³/mol. The van der Waals surface area contributed by atoms with Gasteiger partial charge in [0.2, 0.25) is 11.7 Å². The van der Waals surface area contributed by atoms with E-state index >= 15 is 0 Å². The lowest BCUT2D eigenvalue weighted by Crippen LogP contribution is -2.31. The summed E-state index contributed by atoms with van der Waals surface area (Å²) in [6, 6.07) is 5.63. The van der Waals surface area contributed by atoms with Crippen LogP contribution in [0.25, 0.3) is 0 Å². The van der Waals surface area contributed by atoms with Crippen LogP contribution in [-0.2, 0) is 11.0 Å². The maximum atomic E-state index is 13.5. The Morgan fingerprint density at radius 1 is 1.32 bits per heavy atom. The molecule has 2 aromatic rings. The number of thioether (sulfide) groups is 1. The summed E-state index contributed by atoms with van der Waals surface area (Å²) < 4.78 is 40.6. The smallest absolute Gasteiger partial charge is 0.343 e. The number of hydrogen-bond acceptors (Lipinski definition) is 6. The molecule has 148 valence electrons. The maximum Gasteiger partial charge on any atom is 0.434 e. The van der Waals surface area contributed by atoms with Crippen LogP contribution in [0.15, 0.2) is 28.6 Å². The van der Waals surface area contributed by atoms with Crippen molar-refractivity contribution in [3.63, 3.8) is 0 Å². The molecule has 0 radical (unpaired) electrons. The fourth-order valence-corrected chi connectivity index (χ4v) is 3.95. The van der Waals surface area contributed by atoms with Crippen LogP contribution in [-0.4, -0.2) is 40.4 Å². The first-order valence-electron chi connectivity index (χ1n) is 8.24. The van der Waals surface area contributed by atoms with Crippen LogP contribution in [0.1, 0.15) is 40.3 Å². The van der Waals surface area contributed by atoms with Crippen LogP contribution in [0.3, 0.4) is 0 Å². The number of hydrogen-bond donors (Lipinski definition) is 0. The van der Waals surface area contributed by atoms with E-state index in [1.165, 1.54) is 11.0 Å². The molecule has 0 saturated heterocycles. The van der Waals surface area contributed by atoms with Crippen molar-refractivity contribution in [2.75, 3.05) is 18.8 Å². The Morgan fingerprint density at radius 2 is 2.00 bits per heavy atom. The zero-order valence-corrected chi connectivity index (χ0v) is 16.7. The first kappa shape index (κ1) is 21.9. The zero-order valence-electron chi connectivity index (χ0n) is 15.0. The third-order valence-electron chi connectivity index (χ3n) is 3.81. The summed E-state index contributed by atoms with van der Waals surface area (Å²) in [4.78, 5) is 29.8. The van der Waals surface area contributed by atoms with Crippen LogP contribution < -0.4 is 0 Å². The highest BCUT2D eigenvalue weighted by Crippen LogP contribution is 2.35. The molecular formula is C18H16F3N3O2S2. The van der Waals surface area contributed by atoms with E-state index < -0.39 is 23.2 Å². The first-order chi connectivity index (χ1) is 13.2. The van der Waals surface area contributed by atoms with Gasteiger partial charge >= 0.3 is 6.18 Å². The van der Waals surface area contributed by atoms with Gasteiger partial charge in [0.15, 0.2) is 5.69 Å². The number of alkyl halides is 3. The van der Waals surface area contributed by atoms with Crippen LogP contribution in [0.5, 0.6) is 0 Å². The van der Waals surface area contributed by atoms with Gasteiger partial charge < -0.3 is 4.90 Å². The summed E-state index contributed by atoms with van der Waals surface area (Å²) in [7, 11) is 0. The van der Waals surface area contributed by atoms with Crippen molar-refractivity contribution in [1.29, 1.82) is 5.26 Å². The van der Waals surface area contributed by atoms with Crippen molar-refractivity contribution in [2.24, 2.45) is 0 Å². The highest BCUT2D eigenvalue weighted by Gasteiger charge is 2.39. The van der Waals surface area contributed by atoms with Crippen molar-refractivity contribution < 1.29 is 22.8 Å². The summed E-state index contributed by atoms with van der Waals surface area (Å²) in [5, 5.41) is 10.7. The highest BCUT2D eigenvalue weighted by atomic mass is 32.2. The summed E-state index contributed by atoms with van der Waals surface area (Å²) >= 11 is 1.76. The number of aromatic nitrogens is 1. The second kappa shape index (κ2) is 9.21. The van der Waals surface area contributed by atoms with Gasteiger partial charge in [0.05, 0.1) is 21.8 Å². The molecule has 0 aliphatic rings. The van der Waals surface area contributed by atoms with E-state index in [9.17, 15) is 28.0 Å². The van der Waals surface area contributed by atoms with Crippen LogP contribution in [0, 0.1) is 11.3 Å². The lowest BCUT2D eigenvalue weighted by Gasteiger charge is -2.18.